The monoisotopic (exact) mass is 359 g/mol. The number of hydrogen-bond donors (Lipinski definition) is 0. The molecule has 3 aromatic carbocycles. The predicted molar refractivity (Wildman–Crippen MR) is 105 cm³/mol. The molecule has 0 unspecified atom stereocenters. The summed E-state index contributed by atoms with van der Waals surface area (Å²) >= 11 is 6.56. The molecule has 0 fully saturated rings. The standard InChI is InChI=1S/C21H14ClN3O/c22-16-10-6-12-18-19(16)20-15-9-4-5-11-17(15)23-25(20)21(26)24(18)13-14-7-2-1-3-8-14/h1-12H,13H2. The van der Waals surface area contributed by atoms with E-state index >= 15 is 0 Å². The molecule has 0 aliphatic rings. The van der Waals surface area contributed by atoms with Crippen molar-refractivity contribution in [2.75, 3.05) is 0 Å². The quantitative estimate of drug-likeness (QED) is 0.465. The summed E-state index contributed by atoms with van der Waals surface area (Å²) in [5.41, 5.74) is 3.23. The lowest BCUT2D eigenvalue weighted by Gasteiger charge is -2.13. The zero-order chi connectivity index (χ0) is 17.7. The van der Waals surface area contributed by atoms with E-state index in [2.05, 4.69) is 5.10 Å². The van der Waals surface area contributed by atoms with E-state index in [4.69, 9.17) is 11.6 Å². The average Bonchev–Trinajstić information content (AvgIpc) is 3.06. The van der Waals surface area contributed by atoms with Gasteiger partial charge in [0.15, 0.2) is 0 Å². The van der Waals surface area contributed by atoms with Gasteiger partial charge in [0.2, 0.25) is 0 Å². The molecule has 0 bridgehead atoms. The van der Waals surface area contributed by atoms with Crippen LogP contribution >= 0.6 is 11.6 Å². The Morgan fingerprint density at radius 3 is 2.50 bits per heavy atom. The zero-order valence-corrected chi connectivity index (χ0v) is 14.5. The third kappa shape index (κ3) is 2.16. The van der Waals surface area contributed by atoms with Gasteiger partial charge in [-0.3, -0.25) is 4.57 Å². The number of halogens is 1. The highest BCUT2D eigenvalue weighted by atomic mass is 35.5. The fourth-order valence-electron chi connectivity index (χ4n) is 3.52. The van der Waals surface area contributed by atoms with Crippen molar-refractivity contribution in [2.24, 2.45) is 0 Å². The Kier molecular flexibility index (Phi) is 3.33. The molecule has 0 radical (unpaired) electrons. The van der Waals surface area contributed by atoms with Crippen LogP contribution in [0.3, 0.4) is 0 Å². The first kappa shape index (κ1) is 15.2. The van der Waals surface area contributed by atoms with Crippen LogP contribution in [-0.4, -0.2) is 14.2 Å². The Bertz CT molecular complexity index is 1340. The Morgan fingerprint density at radius 1 is 0.885 bits per heavy atom. The third-order valence-corrected chi connectivity index (χ3v) is 5.01. The average molecular weight is 360 g/mol. The van der Waals surface area contributed by atoms with Crippen molar-refractivity contribution in [3.63, 3.8) is 0 Å². The number of fused-ring (bicyclic) bond motifs is 5. The van der Waals surface area contributed by atoms with E-state index in [9.17, 15) is 4.79 Å². The highest BCUT2D eigenvalue weighted by molar-refractivity contribution is 6.37. The number of hydrogen-bond acceptors (Lipinski definition) is 2. The molecule has 0 saturated carbocycles. The van der Waals surface area contributed by atoms with Crippen LogP contribution in [0.5, 0.6) is 0 Å². The second-order valence-electron chi connectivity index (χ2n) is 6.27. The topological polar surface area (TPSA) is 39.3 Å². The molecular formula is C21H14ClN3O. The van der Waals surface area contributed by atoms with Crippen LogP contribution in [-0.2, 0) is 6.54 Å². The Balaban J connectivity index is 1.96. The fraction of sp³-hybridized carbons (Fsp3) is 0.0476. The summed E-state index contributed by atoms with van der Waals surface area (Å²) in [7, 11) is 0. The van der Waals surface area contributed by atoms with Crippen molar-refractivity contribution in [1.29, 1.82) is 0 Å². The lowest BCUT2D eigenvalue weighted by Crippen LogP contribution is -2.28. The summed E-state index contributed by atoms with van der Waals surface area (Å²) in [6.45, 7) is 0.461. The van der Waals surface area contributed by atoms with Crippen LogP contribution in [0.25, 0.3) is 27.3 Å². The van der Waals surface area contributed by atoms with Crippen molar-refractivity contribution in [3.05, 3.63) is 93.9 Å². The van der Waals surface area contributed by atoms with Crippen LogP contribution in [0.15, 0.2) is 77.6 Å². The molecular weight excluding hydrogens is 346 g/mol. The Hall–Kier alpha value is -3.11. The van der Waals surface area contributed by atoms with Crippen molar-refractivity contribution >= 4 is 38.9 Å². The van der Waals surface area contributed by atoms with Gasteiger partial charge < -0.3 is 0 Å². The second kappa shape index (κ2) is 5.71. The minimum Gasteiger partial charge on any atom is -0.287 e. The van der Waals surface area contributed by atoms with Gasteiger partial charge in [-0.25, -0.2) is 4.79 Å². The number of aromatic nitrogens is 3. The molecule has 0 spiro atoms. The van der Waals surface area contributed by atoms with Crippen LogP contribution in [0.4, 0.5) is 0 Å². The number of rotatable bonds is 2. The maximum atomic E-state index is 13.2. The van der Waals surface area contributed by atoms with Crippen molar-refractivity contribution < 1.29 is 0 Å². The summed E-state index contributed by atoms with van der Waals surface area (Å²) in [5, 5.41) is 6.92. The summed E-state index contributed by atoms with van der Waals surface area (Å²) in [6, 6.07) is 23.3. The van der Waals surface area contributed by atoms with Gasteiger partial charge >= 0.3 is 5.69 Å². The van der Waals surface area contributed by atoms with Crippen LogP contribution in [0.2, 0.25) is 5.02 Å². The molecule has 126 valence electrons. The Labute approximate surface area is 153 Å². The van der Waals surface area contributed by atoms with E-state index in [-0.39, 0.29) is 5.69 Å². The Morgan fingerprint density at radius 2 is 1.65 bits per heavy atom. The molecule has 5 aromatic rings. The molecule has 0 amide bonds. The van der Waals surface area contributed by atoms with E-state index in [0.717, 1.165) is 32.9 Å². The first-order valence-corrected chi connectivity index (χ1v) is 8.74. The number of benzene rings is 3. The molecule has 5 rings (SSSR count). The predicted octanol–water partition coefficient (Wildman–Crippen LogP) is 4.50. The minimum absolute atomic E-state index is 0.171. The molecule has 0 atom stereocenters. The first-order valence-electron chi connectivity index (χ1n) is 8.36. The SMILES string of the molecule is O=c1n(Cc2ccccc2)c2cccc(Cl)c2c2c3ccccc3nn12. The van der Waals surface area contributed by atoms with Gasteiger partial charge in [-0.1, -0.05) is 66.2 Å². The molecule has 0 saturated heterocycles. The second-order valence-corrected chi connectivity index (χ2v) is 6.67. The van der Waals surface area contributed by atoms with Gasteiger partial charge in [-0.05, 0) is 23.8 Å². The molecule has 4 nitrogen and oxygen atoms in total. The van der Waals surface area contributed by atoms with Gasteiger partial charge in [0.25, 0.3) is 0 Å². The smallest absolute Gasteiger partial charge is 0.287 e. The summed E-state index contributed by atoms with van der Waals surface area (Å²) in [4.78, 5) is 13.2. The largest absolute Gasteiger partial charge is 0.350 e. The molecule has 0 aliphatic carbocycles. The van der Waals surface area contributed by atoms with Crippen molar-refractivity contribution in [3.8, 4) is 0 Å². The molecule has 2 aromatic heterocycles. The first-order chi connectivity index (χ1) is 12.7. The van der Waals surface area contributed by atoms with Gasteiger partial charge in [0, 0.05) is 10.8 Å². The van der Waals surface area contributed by atoms with Gasteiger partial charge in [-0.2, -0.15) is 9.61 Å². The van der Waals surface area contributed by atoms with Crippen LogP contribution in [0.1, 0.15) is 5.56 Å². The van der Waals surface area contributed by atoms with E-state index in [0.29, 0.717) is 11.6 Å². The zero-order valence-electron chi connectivity index (χ0n) is 13.8. The van der Waals surface area contributed by atoms with Gasteiger partial charge in [0.1, 0.15) is 0 Å². The minimum atomic E-state index is -0.171. The number of nitrogens with zero attached hydrogens (tertiary/aromatic N) is 3. The molecule has 5 heteroatoms. The maximum Gasteiger partial charge on any atom is 0.350 e. The maximum absolute atomic E-state index is 13.2. The normalized spacial score (nSPS) is 11.6. The van der Waals surface area contributed by atoms with Gasteiger partial charge in [-0.15, -0.1) is 0 Å². The fourth-order valence-corrected chi connectivity index (χ4v) is 3.78. The van der Waals surface area contributed by atoms with Gasteiger partial charge in [0.05, 0.1) is 28.1 Å². The van der Waals surface area contributed by atoms with Crippen molar-refractivity contribution in [1.82, 2.24) is 14.2 Å². The van der Waals surface area contributed by atoms with Crippen molar-refractivity contribution in [2.45, 2.75) is 6.54 Å². The lowest BCUT2D eigenvalue weighted by molar-refractivity contribution is 0.719. The summed E-state index contributed by atoms with van der Waals surface area (Å²) < 4.78 is 3.21. The summed E-state index contributed by atoms with van der Waals surface area (Å²) in [6.07, 6.45) is 0. The molecule has 0 aliphatic heterocycles. The third-order valence-electron chi connectivity index (χ3n) is 4.69. The molecule has 0 N–H and O–H groups in total. The van der Waals surface area contributed by atoms with Crippen LogP contribution < -0.4 is 5.69 Å². The summed E-state index contributed by atoms with van der Waals surface area (Å²) in [5.74, 6) is 0. The van der Waals surface area contributed by atoms with Crippen LogP contribution in [0, 0.1) is 0 Å². The van der Waals surface area contributed by atoms with E-state index < -0.39 is 0 Å². The van der Waals surface area contributed by atoms with E-state index in [1.165, 1.54) is 4.52 Å². The lowest BCUT2D eigenvalue weighted by atomic mass is 10.1. The van der Waals surface area contributed by atoms with E-state index in [1.807, 2.05) is 72.8 Å². The highest BCUT2D eigenvalue weighted by Crippen LogP contribution is 2.31. The highest BCUT2D eigenvalue weighted by Gasteiger charge is 2.17. The van der Waals surface area contributed by atoms with E-state index in [1.54, 1.807) is 4.57 Å². The molecule has 26 heavy (non-hydrogen) atoms. The molecule has 2 heterocycles.